The lowest BCUT2D eigenvalue weighted by atomic mass is 10.2. The average molecular weight is 472 g/mol. The Balaban J connectivity index is 1.82. The summed E-state index contributed by atoms with van der Waals surface area (Å²) < 4.78 is 27.1. The Labute approximate surface area is 194 Å². The number of nitrogens with one attached hydrogen (secondary N) is 1. The van der Waals surface area contributed by atoms with Crippen molar-refractivity contribution in [1.82, 2.24) is 9.97 Å². The van der Waals surface area contributed by atoms with Crippen LogP contribution in [-0.2, 0) is 0 Å². The number of hydrogen-bond acceptors (Lipinski definition) is 8. The second-order valence-corrected chi connectivity index (χ2v) is 13.0. The molecule has 10 heteroatoms. The highest BCUT2D eigenvalue weighted by Crippen LogP contribution is 2.34. The van der Waals surface area contributed by atoms with Gasteiger partial charge in [-0.2, -0.15) is 9.97 Å². The molecule has 0 aliphatic heterocycles. The third-order valence-electron chi connectivity index (χ3n) is 5.50. The number of methoxy groups -OCH3 is 3. The summed E-state index contributed by atoms with van der Waals surface area (Å²) in [5.41, 5.74) is 1.13. The number of aromatic nitrogens is 2. The van der Waals surface area contributed by atoms with Gasteiger partial charge in [0.25, 0.3) is 11.9 Å². The molecule has 0 aliphatic rings. The number of amides is 1. The molecule has 0 atom stereocenters. The molecule has 0 spiro atoms. The Morgan fingerprint density at radius 3 is 2.27 bits per heavy atom. The molecule has 33 heavy (non-hydrogen) atoms. The zero-order valence-corrected chi connectivity index (χ0v) is 20.9. The third-order valence-corrected chi connectivity index (χ3v) is 9.14. The van der Waals surface area contributed by atoms with E-state index in [2.05, 4.69) is 47.4 Å². The molecule has 0 fully saturated rings. The predicted octanol–water partition coefficient (Wildman–Crippen LogP) is 4.38. The van der Waals surface area contributed by atoms with Crippen molar-refractivity contribution < 1.29 is 28.2 Å². The van der Waals surface area contributed by atoms with E-state index in [9.17, 15) is 4.79 Å². The lowest BCUT2D eigenvalue weighted by Gasteiger charge is -2.22. The van der Waals surface area contributed by atoms with Crippen LogP contribution in [0.5, 0.6) is 29.5 Å². The van der Waals surface area contributed by atoms with Gasteiger partial charge < -0.3 is 28.7 Å². The van der Waals surface area contributed by atoms with Crippen LogP contribution in [0.3, 0.4) is 0 Å². The summed E-state index contributed by atoms with van der Waals surface area (Å²) in [7, 11) is 2.71. The molecular formula is C23H29N3O6Si. The molecule has 176 valence electrons. The van der Waals surface area contributed by atoms with Crippen LogP contribution in [0.15, 0.2) is 34.7 Å². The number of hydrogen-bond donors (Lipinski definition) is 1. The van der Waals surface area contributed by atoms with Crippen molar-refractivity contribution in [3.05, 3.63) is 41.7 Å². The van der Waals surface area contributed by atoms with Gasteiger partial charge in [0, 0.05) is 6.07 Å². The maximum absolute atomic E-state index is 12.8. The predicted molar refractivity (Wildman–Crippen MR) is 127 cm³/mol. The van der Waals surface area contributed by atoms with Crippen molar-refractivity contribution in [2.24, 2.45) is 0 Å². The Morgan fingerprint density at radius 1 is 1.03 bits per heavy atom. The zero-order chi connectivity index (χ0) is 24.2. The number of benzene rings is 1. The minimum absolute atomic E-state index is 0.0435. The monoisotopic (exact) mass is 471 g/mol. The SMILES string of the molecule is CC[Si](C)(C)c1ccc(C)c(Oc2ccc(C(=O)Nc3c(OC)nc(OC)nc3OC)o2)c1. The summed E-state index contributed by atoms with van der Waals surface area (Å²) >= 11 is 0. The largest absolute Gasteiger partial charge is 0.479 e. The van der Waals surface area contributed by atoms with Gasteiger partial charge in [-0.05, 0) is 24.6 Å². The normalized spacial score (nSPS) is 11.1. The number of carbonyl (C=O) groups excluding carboxylic acids is 1. The van der Waals surface area contributed by atoms with Gasteiger partial charge in [0.2, 0.25) is 11.8 Å². The van der Waals surface area contributed by atoms with Gasteiger partial charge in [-0.25, -0.2) is 0 Å². The molecule has 0 saturated carbocycles. The molecule has 0 bridgehead atoms. The molecule has 0 saturated heterocycles. The van der Waals surface area contributed by atoms with E-state index in [1.54, 1.807) is 6.07 Å². The van der Waals surface area contributed by atoms with Gasteiger partial charge in [0.05, 0.1) is 29.4 Å². The van der Waals surface area contributed by atoms with Gasteiger partial charge in [-0.1, -0.05) is 43.4 Å². The lowest BCUT2D eigenvalue weighted by molar-refractivity contribution is 0.0990. The van der Waals surface area contributed by atoms with Crippen molar-refractivity contribution >= 4 is 24.9 Å². The molecule has 0 radical (unpaired) electrons. The van der Waals surface area contributed by atoms with E-state index in [0.29, 0.717) is 5.75 Å². The van der Waals surface area contributed by atoms with E-state index >= 15 is 0 Å². The van der Waals surface area contributed by atoms with Gasteiger partial charge in [0.15, 0.2) is 11.4 Å². The Morgan fingerprint density at radius 2 is 1.70 bits per heavy atom. The number of nitrogens with zero attached hydrogens (tertiary/aromatic N) is 2. The Bertz CT molecular complexity index is 1120. The summed E-state index contributed by atoms with van der Waals surface area (Å²) in [5, 5.41) is 3.96. The van der Waals surface area contributed by atoms with Crippen LogP contribution in [-0.4, -0.2) is 45.3 Å². The summed E-state index contributed by atoms with van der Waals surface area (Å²) in [5.74, 6) is 0.591. The van der Waals surface area contributed by atoms with E-state index in [1.165, 1.54) is 32.6 Å². The van der Waals surface area contributed by atoms with E-state index < -0.39 is 14.0 Å². The van der Waals surface area contributed by atoms with Gasteiger partial charge in [-0.15, -0.1) is 0 Å². The van der Waals surface area contributed by atoms with Crippen LogP contribution in [0, 0.1) is 6.92 Å². The molecule has 2 heterocycles. The maximum Gasteiger partial charge on any atom is 0.322 e. The number of rotatable bonds is 9. The second kappa shape index (κ2) is 9.95. The number of anilines is 1. The average Bonchev–Trinajstić information content (AvgIpc) is 3.29. The highest BCUT2D eigenvalue weighted by atomic mass is 28.3. The van der Waals surface area contributed by atoms with E-state index in [1.807, 2.05) is 13.0 Å². The number of aryl methyl sites for hydroxylation is 1. The molecule has 3 rings (SSSR count). The van der Waals surface area contributed by atoms with Gasteiger partial charge in [-0.3, -0.25) is 4.79 Å². The molecule has 1 amide bonds. The molecule has 1 aromatic carbocycles. The Hall–Kier alpha value is -3.53. The summed E-state index contributed by atoms with van der Waals surface area (Å²) in [6.45, 7) is 8.82. The summed E-state index contributed by atoms with van der Waals surface area (Å²) in [6.07, 6.45) is 0. The minimum atomic E-state index is -1.53. The quantitative estimate of drug-likeness (QED) is 0.458. The topological polar surface area (TPSA) is 105 Å². The fourth-order valence-corrected chi connectivity index (χ4v) is 4.48. The first-order valence-corrected chi connectivity index (χ1v) is 13.7. The van der Waals surface area contributed by atoms with E-state index in [-0.39, 0.29) is 35.2 Å². The van der Waals surface area contributed by atoms with E-state index in [4.69, 9.17) is 23.4 Å². The summed E-state index contributed by atoms with van der Waals surface area (Å²) in [4.78, 5) is 20.9. The minimum Gasteiger partial charge on any atom is -0.479 e. The first kappa shape index (κ1) is 24.1. The van der Waals surface area contributed by atoms with Crippen molar-refractivity contribution in [3.8, 4) is 29.5 Å². The standard InChI is InChI=1S/C23H29N3O6Si/c1-8-33(6,7)15-10-9-14(2)17(13-15)32-18-12-11-16(31-18)20(27)24-19-21(28-3)25-23(30-5)26-22(19)29-4/h9-13H,8H2,1-7H3,(H,24,27). The molecule has 0 aliphatic carbocycles. The molecule has 9 nitrogen and oxygen atoms in total. The fourth-order valence-electron chi connectivity index (χ4n) is 3.01. The first-order chi connectivity index (χ1) is 15.7. The smallest absolute Gasteiger partial charge is 0.322 e. The second-order valence-electron chi connectivity index (χ2n) is 8.00. The highest BCUT2D eigenvalue weighted by Gasteiger charge is 2.23. The molecular weight excluding hydrogens is 442 g/mol. The maximum atomic E-state index is 12.8. The molecule has 3 aromatic rings. The summed E-state index contributed by atoms with van der Waals surface area (Å²) in [6, 6.07) is 10.6. The lowest BCUT2D eigenvalue weighted by Crippen LogP contribution is -2.40. The zero-order valence-electron chi connectivity index (χ0n) is 19.9. The van der Waals surface area contributed by atoms with Crippen molar-refractivity contribution in [1.29, 1.82) is 0 Å². The third kappa shape index (κ3) is 5.28. The van der Waals surface area contributed by atoms with Gasteiger partial charge >= 0.3 is 6.01 Å². The van der Waals surface area contributed by atoms with Gasteiger partial charge in [0.1, 0.15) is 5.75 Å². The Kier molecular flexibility index (Phi) is 7.27. The molecule has 0 unspecified atom stereocenters. The van der Waals surface area contributed by atoms with Crippen molar-refractivity contribution in [2.75, 3.05) is 26.6 Å². The molecule has 2 aromatic heterocycles. The van der Waals surface area contributed by atoms with E-state index in [0.717, 1.165) is 11.6 Å². The van der Waals surface area contributed by atoms with Crippen LogP contribution in [0.1, 0.15) is 23.0 Å². The van der Waals surface area contributed by atoms with Crippen LogP contribution in [0.4, 0.5) is 5.69 Å². The fraction of sp³-hybridized carbons (Fsp3) is 0.348. The van der Waals surface area contributed by atoms with Crippen molar-refractivity contribution in [2.45, 2.75) is 33.0 Å². The van der Waals surface area contributed by atoms with Crippen LogP contribution in [0.25, 0.3) is 0 Å². The number of ether oxygens (including phenoxy) is 4. The van der Waals surface area contributed by atoms with Crippen molar-refractivity contribution in [3.63, 3.8) is 0 Å². The van der Waals surface area contributed by atoms with Crippen LogP contribution in [0.2, 0.25) is 19.1 Å². The van der Waals surface area contributed by atoms with Crippen LogP contribution >= 0.6 is 0 Å². The molecule has 1 N–H and O–H groups in total. The number of furan rings is 1. The highest BCUT2D eigenvalue weighted by molar-refractivity contribution is 6.89. The number of carbonyl (C=O) groups is 1. The first-order valence-electron chi connectivity index (χ1n) is 10.5. The van der Waals surface area contributed by atoms with Crippen LogP contribution < -0.4 is 29.5 Å².